The molecule has 1 atom stereocenters. The number of carbonyl (C=O) groups is 1. The summed E-state index contributed by atoms with van der Waals surface area (Å²) in [6.07, 6.45) is 3.34. The zero-order valence-electron chi connectivity index (χ0n) is 14.8. The second kappa shape index (κ2) is 8.67. The number of ether oxygens (including phenoxy) is 1. The van der Waals surface area contributed by atoms with E-state index in [2.05, 4.69) is 34.5 Å². The summed E-state index contributed by atoms with van der Waals surface area (Å²) in [7, 11) is 1.65. The fraction of sp³-hybridized carbons (Fsp3) is 0.381. The Kier molecular flexibility index (Phi) is 6.07. The first-order valence-electron chi connectivity index (χ1n) is 8.93. The minimum absolute atomic E-state index is 0.0749. The summed E-state index contributed by atoms with van der Waals surface area (Å²) in [5.41, 5.74) is 2.34. The van der Waals surface area contributed by atoms with Gasteiger partial charge in [0, 0.05) is 18.2 Å². The maximum Gasteiger partial charge on any atom is 0.234 e. The Labute approximate surface area is 149 Å². The molecule has 0 aromatic heterocycles. The lowest BCUT2D eigenvalue weighted by molar-refractivity contribution is -0.122. The van der Waals surface area contributed by atoms with Gasteiger partial charge in [-0.15, -0.1) is 0 Å². The fourth-order valence-corrected chi connectivity index (χ4v) is 3.50. The molecule has 1 aliphatic rings. The predicted molar refractivity (Wildman–Crippen MR) is 99.6 cm³/mol. The summed E-state index contributed by atoms with van der Waals surface area (Å²) in [4.78, 5) is 14.7. The highest BCUT2D eigenvalue weighted by molar-refractivity contribution is 5.78. The highest BCUT2D eigenvalue weighted by atomic mass is 16.5. The van der Waals surface area contributed by atoms with Crippen LogP contribution in [0.1, 0.15) is 24.0 Å². The van der Waals surface area contributed by atoms with Crippen LogP contribution in [0, 0.1) is 0 Å². The molecule has 1 aliphatic heterocycles. The number of likely N-dealkylation sites (tertiary alicyclic amines) is 1. The topological polar surface area (TPSA) is 41.6 Å². The Balaban J connectivity index is 1.51. The molecule has 132 valence electrons. The lowest BCUT2D eigenvalue weighted by Gasteiger charge is -2.24. The van der Waals surface area contributed by atoms with Crippen molar-refractivity contribution in [1.29, 1.82) is 0 Å². The molecule has 0 radical (unpaired) electrons. The number of hydrogen-bond acceptors (Lipinski definition) is 3. The molecule has 0 spiro atoms. The standard InChI is InChI=1S/C21H26N2O2/c1-25-20-12-6-5-10-18(20)15-22-21(24)16-23-13-7-11-19(23)14-17-8-3-2-4-9-17/h2-6,8-10,12,19H,7,11,13-16H2,1H3,(H,22,24). The van der Waals surface area contributed by atoms with Crippen molar-refractivity contribution in [3.05, 3.63) is 65.7 Å². The van der Waals surface area contributed by atoms with Crippen molar-refractivity contribution in [3.8, 4) is 5.75 Å². The van der Waals surface area contributed by atoms with Crippen LogP contribution in [0.3, 0.4) is 0 Å². The number of nitrogens with zero attached hydrogens (tertiary/aromatic N) is 1. The molecule has 3 rings (SSSR count). The zero-order chi connectivity index (χ0) is 17.5. The molecule has 1 N–H and O–H groups in total. The number of rotatable bonds is 7. The average Bonchev–Trinajstić information content (AvgIpc) is 3.07. The smallest absolute Gasteiger partial charge is 0.234 e. The molecule has 4 nitrogen and oxygen atoms in total. The summed E-state index contributed by atoms with van der Waals surface area (Å²) >= 11 is 0. The fourth-order valence-electron chi connectivity index (χ4n) is 3.50. The van der Waals surface area contributed by atoms with E-state index in [1.807, 2.05) is 30.3 Å². The molecule has 0 aliphatic carbocycles. The predicted octanol–water partition coefficient (Wildman–Crippen LogP) is 3.02. The average molecular weight is 338 g/mol. The molecule has 1 amide bonds. The third kappa shape index (κ3) is 4.83. The van der Waals surface area contributed by atoms with Crippen molar-refractivity contribution in [2.24, 2.45) is 0 Å². The molecule has 0 saturated carbocycles. The monoisotopic (exact) mass is 338 g/mol. The Morgan fingerprint density at radius 2 is 1.92 bits per heavy atom. The summed E-state index contributed by atoms with van der Waals surface area (Å²) in [6, 6.07) is 18.8. The van der Waals surface area contributed by atoms with E-state index in [0.29, 0.717) is 19.1 Å². The molecular formula is C21H26N2O2. The van der Waals surface area contributed by atoms with Gasteiger partial charge >= 0.3 is 0 Å². The van der Waals surface area contributed by atoms with E-state index < -0.39 is 0 Å². The Morgan fingerprint density at radius 1 is 1.16 bits per heavy atom. The van der Waals surface area contributed by atoms with Crippen LogP contribution in [-0.2, 0) is 17.8 Å². The number of benzene rings is 2. The highest BCUT2D eigenvalue weighted by Gasteiger charge is 2.26. The van der Waals surface area contributed by atoms with Crippen LogP contribution in [0.2, 0.25) is 0 Å². The van der Waals surface area contributed by atoms with Crippen LogP contribution < -0.4 is 10.1 Å². The molecule has 2 aromatic carbocycles. The number of hydrogen-bond donors (Lipinski definition) is 1. The van der Waals surface area contributed by atoms with E-state index >= 15 is 0 Å². The lowest BCUT2D eigenvalue weighted by atomic mass is 10.0. The van der Waals surface area contributed by atoms with Gasteiger partial charge in [-0.05, 0) is 37.4 Å². The van der Waals surface area contributed by atoms with Crippen molar-refractivity contribution >= 4 is 5.91 Å². The normalized spacial score (nSPS) is 17.4. The molecule has 1 unspecified atom stereocenters. The van der Waals surface area contributed by atoms with Crippen LogP contribution >= 0.6 is 0 Å². The zero-order valence-corrected chi connectivity index (χ0v) is 14.8. The van der Waals surface area contributed by atoms with E-state index in [9.17, 15) is 4.79 Å². The summed E-state index contributed by atoms with van der Waals surface area (Å²) < 4.78 is 5.33. The summed E-state index contributed by atoms with van der Waals surface area (Å²) in [5.74, 6) is 0.886. The third-order valence-electron chi connectivity index (χ3n) is 4.83. The van der Waals surface area contributed by atoms with Gasteiger partial charge in [0.15, 0.2) is 0 Å². The highest BCUT2D eigenvalue weighted by Crippen LogP contribution is 2.21. The van der Waals surface area contributed by atoms with Gasteiger partial charge in [-0.2, -0.15) is 0 Å². The summed E-state index contributed by atoms with van der Waals surface area (Å²) in [6.45, 7) is 1.96. The Morgan fingerprint density at radius 3 is 2.72 bits per heavy atom. The van der Waals surface area contributed by atoms with Crippen molar-refractivity contribution in [3.63, 3.8) is 0 Å². The third-order valence-corrected chi connectivity index (χ3v) is 4.83. The van der Waals surface area contributed by atoms with Gasteiger partial charge in [0.2, 0.25) is 5.91 Å². The first-order valence-corrected chi connectivity index (χ1v) is 8.93. The SMILES string of the molecule is COc1ccccc1CNC(=O)CN1CCCC1Cc1ccccc1. The van der Waals surface area contributed by atoms with E-state index in [-0.39, 0.29) is 5.91 Å². The van der Waals surface area contributed by atoms with E-state index in [1.165, 1.54) is 5.56 Å². The maximum absolute atomic E-state index is 12.4. The number of carbonyl (C=O) groups excluding carboxylic acids is 1. The number of nitrogens with one attached hydrogen (secondary N) is 1. The first-order chi connectivity index (χ1) is 12.3. The minimum atomic E-state index is 0.0749. The molecule has 1 saturated heterocycles. The number of methoxy groups -OCH3 is 1. The molecule has 25 heavy (non-hydrogen) atoms. The largest absolute Gasteiger partial charge is 0.496 e. The van der Waals surface area contributed by atoms with E-state index in [0.717, 1.165) is 37.1 Å². The van der Waals surface area contributed by atoms with Crippen molar-refractivity contribution in [2.45, 2.75) is 31.8 Å². The van der Waals surface area contributed by atoms with Crippen LogP contribution in [0.4, 0.5) is 0 Å². The number of para-hydroxylation sites is 1. The van der Waals surface area contributed by atoms with Gasteiger partial charge in [0.1, 0.15) is 5.75 Å². The first kappa shape index (κ1) is 17.5. The van der Waals surface area contributed by atoms with E-state index in [1.54, 1.807) is 7.11 Å². The lowest BCUT2D eigenvalue weighted by Crippen LogP contribution is -2.40. The molecule has 1 heterocycles. The maximum atomic E-state index is 12.4. The molecule has 0 bridgehead atoms. The van der Waals surface area contributed by atoms with Gasteiger partial charge in [-0.3, -0.25) is 9.69 Å². The van der Waals surface area contributed by atoms with Crippen LogP contribution in [0.25, 0.3) is 0 Å². The van der Waals surface area contributed by atoms with Gasteiger partial charge in [-0.25, -0.2) is 0 Å². The molecular weight excluding hydrogens is 312 g/mol. The van der Waals surface area contributed by atoms with Crippen LogP contribution in [0.5, 0.6) is 5.75 Å². The van der Waals surface area contributed by atoms with Gasteiger partial charge in [0.05, 0.1) is 13.7 Å². The van der Waals surface area contributed by atoms with Crippen molar-refractivity contribution in [1.82, 2.24) is 10.2 Å². The van der Waals surface area contributed by atoms with Crippen molar-refractivity contribution in [2.75, 3.05) is 20.2 Å². The van der Waals surface area contributed by atoms with Crippen LogP contribution in [-0.4, -0.2) is 37.0 Å². The van der Waals surface area contributed by atoms with Gasteiger partial charge in [-0.1, -0.05) is 48.5 Å². The Bertz CT molecular complexity index is 687. The summed E-state index contributed by atoms with van der Waals surface area (Å²) in [5, 5.41) is 3.02. The van der Waals surface area contributed by atoms with Gasteiger partial charge in [0.25, 0.3) is 0 Å². The van der Waals surface area contributed by atoms with Crippen molar-refractivity contribution < 1.29 is 9.53 Å². The molecule has 2 aromatic rings. The van der Waals surface area contributed by atoms with Crippen LogP contribution in [0.15, 0.2) is 54.6 Å². The molecule has 1 fully saturated rings. The second-order valence-corrected chi connectivity index (χ2v) is 6.54. The van der Waals surface area contributed by atoms with Gasteiger partial charge < -0.3 is 10.1 Å². The Hall–Kier alpha value is -2.33. The molecule has 4 heteroatoms. The minimum Gasteiger partial charge on any atom is -0.496 e. The second-order valence-electron chi connectivity index (χ2n) is 6.54. The number of amides is 1. The van der Waals surface area contributed by atoms with E-state index in [4.69, 9.17) is 4.74 Å². The quantitative estimate of drug-likeness (QED) is 0.844.